The summed E-state index contributed by atoms with van der Waals surface area (Å²) < 4.78 is 14.3. The van der Waals surface area contributed by atoms with E-state index in [0.29, 0.717) is 39.3 Å². The number of nitrogens with zero attached hydrogens (tertiary/aromatic N) is 4. The van der Waals surface area contributed by atoms with E-state index in [-0.39, 0.29) is 31.2 Å². The maximum Gasteiger partial charge on any atom is 0.311 e. The van der Waals surface area contributed by atoms with Gasteiger partial charge < -0.3 is 19.8 Å². The maximum atomic E-state index is 13.2. The monoisotopic (exact) mass is 535 g/mol. The third kappa shape index (κ3) is 5.11. The molecule has 1 aromatic carbocycles. The minimum Gasteiger partial charge on any atom is -0.466 e. The molecule has 4 heterocycles. The first kappa shape index (κ1) is 25.8. The maximum absolute atomic E-state index is 13.2. The lowest BCUT2D eigenvalue weighted by molar-refractivity contribution is -0.142. The van der Waals surface area contributed by atoms with E-state index in [9.17, 15) is 14.4 Å². The zero-order valence-corrected chi connectivity index (χ0v) is 22.1. The van der Waals surface area contributed by atoms with E-state index in [4.69, 9.17) is 20.2 Å². The summed E-state index contributed by atoms with van der Waals surface area (Å²) in [4.78, 5) is 42.3. The number of benzene rings is 1. The molecule has 1 aliphatic heterocycles. The van der Waals surface area contributed by atoms with E-state index in [1.54, 1.807) is 31.2 Å². The van der Waals surface area contributed by atoms with E-state index >= 15 is 0 Å². The number of hydrogen-bond donors (Lipinski definition) is 1. The number of rotatable bonds is 9. The second kappa shape index (κ2) is 10.9. The van der Waals surface area contributed by atoms with Crippen LogP contribution < -0.4 is 11.3 Å². The zero-order valence-electron chi connectivity index (χ0n) is 21.3. The Labute approximate surface area is 223 Å². The van der Waals surface area contributed by atoms with Gasteiger partial charge in [-0.2, -0.15) is 5.10 Å². The van der Waals surface area contributed by atoms with Gasteiger partial charge in [0.15, 0.2) is 0 Å². The van der Waals surface area contributed by atoms with Crippen LogP contribution in [0.25, 0.3) is 22.2 Å². The fourth-order valence-electron chi connectivity index (χ4n) is 4.86. The number of hydrogen-bond acceptors (Lipinski definition) is 8. The molecule has 1 unspecified atom stereocenters. The van der Waals surface area contributed by atoms with Crippen LogP contribution >= 0.6 is 11.3 Å². The van der Waals surface area contributed by atoms with Crippen LogP contribution in [0, 0.1) is 6.92 Å². The van der Waals surface area contributed by atoms with Gasteiger partial charge in [0.05, 0.1) is 53.7 Å². The summed E-state index contributed by atoms with van der Waals surface area (Å²) in [7, 11) is 0. The third-order valence-electron chi connectivity index (χ3n) is 6.70. The van der Waals surface area contributed by atoms with Crippen molar-refractivity contribution in [3.8, 4) is 11.4 Å². The predicted octanol–water partition coefficient (Wildman–Crippen LogP) is 3.06. The summed E-state index contributed by atoms with van der Waals surface area (Å²) >= 11 is 1.39. The van der Waals surface area contributed by atoms with E-state index in [1.807, 2.05) is 22.9 Å². The molecule has 0 saturated carbocycles. The fourth-order valence-corrected chi connectivity index (χ4v) is 5.62. The zero-order chi connectivity index (χ0) is 26.8. The normalized spacial score (nSPS) is 15.3. The number of primary amides is 1. The van der Waals surface area contributed by atoms with Crippen LogP contribution in [0.3, 0.4) is 0 Å². The van der Waals surface area contributed by atoms with Gasteiger partial charge in [-0.15, -0.1) is 11.3 Å². The minimum atomic E-state index is -0.494. The summed E-state index contributed by atoms with van der Waals surface area (Å²) in [5.41, 5.74) is 8.52. The standard InChI is InChI=1S/C27H29N5O5S/c1-3-36-25(33)12-21-18-8-4-5-9-19(18)27(35)32(30-21)14-24-29-22(15-38-24)23-11-20(26(28)34)16(2)31(23)13-17-7-6-10-37-17/h4-5,8-9,11,15,17H,3,6-7,10,12-14H2,1-2H3,(H2,28,34). The van der Waals surface area contributed by atoms with Gasteiger partial charge >= 0.3 is 5.97 Å². The SMILES string of the molecule is CCOC(=O)Cc1nn(Cc2nc(-c3cc(C(N)=O)c(C)n3CC3CCCO3)cs2)c(=O)c2ccccc12. The highest BCUT2D eigenvalue weighted by atomic mass is 32.1. The van der Waals surface area contributed by atoms with E-state index < -0.39 is 11.9 Å². The molecule has 0 spiro atoms. The van der Waals surface area contributed by atoms with Crippen LogP contribution in [0.15, 0.2) is 40.5 Å². The summed E-state index contributed by atoms with van der Waals surface area (Å²) in [6.07, 6.45) is 1.99. The van der Waals surface area contributed by atoms with Crippen LogP contribution in [0.5, 0.6) is 0 Å². The number of thiazole rings is 1. The molecule has 1 aliphatic rings. The largest absolute Gasteiger partial charge is 0.466 e. The van der Waals surface area contributed by atoms with Gasteiger partial charge in [0, 0.05) is 29.6 Å². The van der Waals surface area contributed by atoms with Crippen molar-refractivity contribution in [1.29, 1.82) is 0 Å². The van der Waals surface area contributed by atoms with E-state index in [0.717, 1.165) is 30.8 Å². The molecular weight excluding hydrogens is 506 g/mol. The highest BCUT2D eigenvalue weighted by Crippen LogP contribution is 2.29. The molecule has 1 saturated heterocycles. The minimum absolute atomic E-state index is 0.0380. The Bertz CT molecular complexity index is 1560. The van der Waals surface area contributed by atoms with Crippen LogP contribution in [-0.2, 0) is 33.8 Å². The highest BCUT2D eigenvalue weighted by Gasteiger charge is 2.23. The molecule has 0 aliphatic carbocycles. The van der Waals surface area contributed by atoms with Crippen molar-refractivity contribution in [2.24, 2.45) is 5.73 Å². The van der Waals surface area contributed by atoms with Crippen molar-refractivity contribution in [2.75, 3.05) is 13.2 Å². The first-order valence-electron chi connectivity index (χ1n) is 12.6. The molecule has 1 amide bonds. The Morgan fingerprint density at radius 2 is 2.05 bits per heavy atom. The summed E-state index contributed by atoms with van der Waals surface area (Å²) in [5.74, 6) is -0.897. The molecule has 1 atom stereocenters. The van der Waals surface area contributed by atoms with Crippen LogP contribution in [0.1, 0.15) is 46.5 Å². The van der Waals surface area contributed by atoms with Crippen LogP contribution in [0.2, 0.25) is 0 Å². The summed E-state index contributed by atoms with van der Waals surface area (Å²) in [6.45, 7) is 5.35. The van der Waals surface area contributed by atoms with Gasteiger partial charge in [-0.1, -0.05) is 18.2 Å². The molecular formula is C27H29N5O5S. The van der Waals surface area contributed by atoms with Gasteiger partial charge in [0.2, 0.25) is 0 Å². The molecule has 38 heavy (non-hydrogen) atoms. The first-order chi connectivity index (χ1) is 18.4. The number of carbonyl (C=O) groups excluding carboxylic acids is 2. The number of amides is 1. The Morgan fingerprint density at radius 1 is 1.26 bits per heavy atom. The lowest BCUT2D eigenvalue weighted by Crippen LogP contribution is -2.26. The van der Waals surface area contributed by atoms with E-state index in [2.05, 4.69) is 5.10 Å². The lowest BCUT2D eigenvalue weighted by Gasteiger charge is -2.15. The van der Waals surface area contributed by atoms with Gasteiger partial charge in [-0.25, -0.2) is 9.67 Å². The number of esters is 1. The second-order valence-electron chi connectivity index (χ2n) is 9.20. The Morgan fingerprint density at radius 3 is 2.76 bits per heavy atom. The lowest BCUT2D eigenvalue weighted by atomic mass is 10.1. The number of fused-ring (bicyclic) bond motifs is 1. The van der Waals surface area contributed by atoms with Crippen molar-refractivity contribution in [3.63, 3.8) is 0 Å². The van der Waals surface area contributed by atoms with Gasteiger partial charge in [0.1, 0.15) is 5.01 Å². The van der Waals surface area contributed by atoms with E-state index in [1.165, 1.54) is 16.0 Å². The molecule has 1 fully saturated rings. The Balaban J connectivity index is 1.49. The molecule has 4 aromatic rings. The molecule has 3 aromatic heterocycles. The smallest absolute Gasteiger partial charge is 0.311 e. The topological polar surface area (TPSA) is 131 Å². The third-order valence-corrected chi connectivity index (χ3v) is 7.54. The van der Waals surface area contributed by atoms with Crippen LogP contribution in [0.4, 0.5) is 0 Å². The van der Waals surface area contributed by atoms with Crippen molar-refractivity contribution < 1.29 is 19.1 Å². The Hall–Kier alpha value is -3.83. The van der Waals surface area contributed by atoms with Gasteiger partial charge in [-0.05, 0) is 38.8 Å². The average molecular weight is 536 g/mol. The quantitative estimate of drug-likeness (QED) is 0.326. The summed E-state index contributed by atoms with van der Waals surface area (Å²) in [5, 5.41) is 8.18. The average Bonchev–Trinajstić information content (AvgIpc) is 3.64. The molecule has 0 radical (unpaired) electrons. The van der Waals surface area contributed by atoms with Crippen molar-refractivity contribution >= 4 is 34.0 Å². The highest BCUT2D eigenvalue weighted by molar-refractivity contribution is 7.09. The Kier molecular flexibility index (Phi) is 7.39. The molecule has 2 N–H and O–H groups in total. The molecule has 5 rings (SSSR count). The molecule has 10 nitrogen and oxygen atoms in total. The predicted molar refractivity (Wildman–Crippen MR) is 143 cm³/mol. The first-order valence-corrected chi connectivity index (χ1v) is 13.4. The van der Waals surface area contributed by atoms with Gasteiger partial charge in [-0.3, -0.25) is 14.4 Å². The van der Waals surface area contributed by atoms with Crippen molar-refractivity contribution in [3.05, 3.63) is 68.0 Å². The van der Waals surface area contributed by atoms with Gasteiger partial charge in [0.25, 0.3) is 11.5 Å². The van der Waals surface area contributed by atoms with Crippen LogP contribution in [-0.4, -0.2) is 50.5 Å². The van der Waals surface area contributed by atoms with Crippen molar-refractivity contribution in [1.82, 2.24) is 19.3 Å². The molecule has 0 bridgehead atoms. The number of ether oxygens (including phenoxy) is 2. The fraction of sp³-hybridized carbons (Fsp3) is 0.370. The molecule has 11 heteroatoms. The summed E-state index contributed by atoms with van der Waals surface area (Å²) in [6, 6.07) is 8.87. The number of nitrogens with two attached hydrogens (primary N) is 1. The number of aromatic nitrogens is 4. The van der Waals surface area contributed by atoms with Crippen molar-refractivity contribution in [2.45, 2.75) is 52.3 Å². The second-order valence-corrected chi connectivity index (χ2v) is 10.1. The molecule has 198 valence electrons. The number of carbonyl (C=O) groups is 2.